The van der Waals surface area contributed by atoms with Crippen molar-refractivity contribution in [2.75, 3.05) is 44.4 Å². The highest BCUT2D eigenvalue weighted by Gasteiger charge is 2.24. The average Bonchev–Trinajstić information content (AvgIpc) is 3.08. The molecule has 0 bridgehead atoms. The number of hydrogen-bond donors (Lipinski definition) is 2. The number of nitrogens with zero attached hydrogens (tertiary/aromatic N) is 2. The van der Waals surface area contributed by atoms with Gasteiger partial charge in [0.25, 0.3) is 0 Å². The zero-order valence-electron chi connectivity index (χ0n) is 15.5. The first-order chi connectivity index (χ1) is 12.6. The summed E-state index contributed by atoms with van der Waals surface area (Å²) in [5.74, 6) is 2.50. The first-order valence-electron chi connectivity index (χ1n) is 8.95. The molecular formula is C18H27N4O2S2+. The van der Waals surface area contributed by atoms with Gasteiger partial charge in [0.2, 0.25) is 5.13 Å². The van der Waals surface area contributed by atoms with Crippen molar-refractivity contribution < 1.29 is 14.4 Å². The summed E-state index contributed by atoms with van der Waals surface area (Å²) >= 11 is 3.31. The van der Waals surface area contributed by atoms with Gasteiger partial charge in [-0.05, 0) is 24.3 Å². The largest absolute Gasteiger partial charge is 0.497 e. The molecule has 1 aromatic carbocycles. The van der Waals surface area contributed by atoms with Crippen LogP contribution in [-0.2, 0) is 4.74 Å². The summed E-state index contributed by atoms with van der Waals surface area (Å²) in [7, 11) is 1.66. The maximum atomic E-state index is 5.92. The lowest BCUT2D eigenvalue weighted by Gasteiger charge is -2.30. The molecule has 26 heavy (non-hydrogen) atoms. The van der Waals surface area contributed by atoms with Crippen molar-refractivity contribution in [3.8, 4) is 5.75 Å². The van der Waals surface area contributed by atoms with Crippen molar-refractivity contribution in [3.63, 3.8) is 0 Å². The molecule has 142 valence electrons. The van der Waals surface area contributed by atoms with Crippen molar-refractivity contribution in [2.45, 2.75) is 24.3 Å². The number of hydrogen-bond acceptors (Lipinski definition) is 7. The molecule has 2 aromatic rings. The summed E-state index contributed by atoms with van der Waals surface area (Å²) in [6, 6.07) is 7.78. The van der Waals surface area contributed by atoms with Gasteiger partial charge in [-0.1, -0.05) is 36.9 Å². The Balaban J connectivity index is 1.47. The van der Waals surface area contributed by atoms with Crippen LogP contribution in [0.3, 0.4) is 0 Å². The van der Waals surface area contributed by atoms with Crippen LogP contribution in [0.4, 0.5) is 10.8 Å². The minimum Gasteiger partial charge on any atom is -0.497 e. The van der Waals surface area contributed by atoms with Gasteiger partial charge in [-0.2, -0.15) is 0 Å². The third kappa shape index (κ3) is 5.84. The maximum absolute atomic E-state index is 5.92. The second-order valence-corrected chi connectivity index (χ2v) is 9.08. The second kappa shape index (κ2) is 9.55. The number of methoxy groups -OCH3 is 1. The molecule has 2 atom stereocenters. The van der Waals surface area contributed by atoms with Crippen LogP contribution in [0.2, 0.25) is 0 Å². The lowest BCUT2D eigenvalue weighted by Crippen LogP contribution is -3.15. The molecule has 6 nitrogen and oxygen atoms in total. The Labute approximate surface area is 163 Å². The minimum atomic E-state index is 0.296. The van der Waals surface area contributed by atoms with E-state index in [2.05, 4.69) is 29.4 Å². The molecule has 0 amide bonds. The normalized spacial score (nSPS) is 20.3. The summed E-state index contributed by atoms with van der Waals surface area (Å²) in [4.78, 5) is 1.65. The molecular weight excluding hydrogens is 368 g/mol. The Hall–Kier alpha value is -1.35. The van der Waals surface area contributed by atoms with Gasteiger partial charge in [0.15, 0.2) is 4.34 Å². The molecule has 0 saturated carbocycles. The molecule has 0 radical (unpaired) electrons. The lowest BCUT2D eigenvalue weighted by molar-refractivity contribution is -0.914. The van der Waals surface area contributed by atoms with E-state index in [0.29, 0.717) is 6.10 Å². The topological polar surface area (TPSA) is 60.7 Å². The van der Waals surface area contributed by atoms with E-state index in [1.165, 1.54) is 6.54 Å². The minimum absolute atomic E-state index is 0.296. The number of benzene rings is 1. The molecule has 1 saturated heterocycles. The third-order valence-electron chi connectivity index (χ3n) is 4.16. The summed E-state index contributed by atoms with van der Waals surface area (Å²) in [5, 5.41) is 12.6. The molecule has 8 heteroatoms. The maximum Gasteiger partial charge on any atom is 0.210 e. The van der Waals surface area contributed by atoms with Crippen LogP contribution >= 0.6 is 23.1 Å². The average molecular weight is 396 g/mol. The van der Waals surface area contributed by atoms with Crippen LogP contribution in [0.25, 0.3) is 0 Å². The first kappa shape index (κ1) is 19.4. The number of thioether (sulfide) groups is 1. The van der Waals surface area contributed by atoms with Crippen molar-refractivity contribution in [1.29, 1.82) is 0 Å². The Morgan fingerprint density at radius 3 is 2.88 bits per heavy atom. The van der Waals surface area contributed by atoms with E-state index in [4.69, 9.17) is 9.47 Å². The highest BCUT2D eigenvalue weighted by molar-refractivity contribution is 8.01. The molecule has 1 aromatic heterocycles. The predicted octanol–water partition coefficient (Wildman–Crippen LogP) is 2.32. The molecule has 1 aliphatic rings. The predicted molar refractivity (Wildman–Crippen MR) is 107 cm³/mol. The fraction of sp³-hybridized carbons (Fsp3) is 0.556. The molecule has 3 rings (SSSR count). The van der Waals surface area contributed by atoms with E-state index < -0.39 is 0 Å². The number of aromatic nitrogens is 2. The third-order valence-corrected chi connectivity index (χ3v) is 6.27. The number of nitrogens with one attached hydrogen (secondary N) is 2. The Kier molecular flexibility index (Phi) is 7.13. The van der Waals surface area contributed by atoms with Crippen molar-refractivity contribution >= 4 is 33.9 Å². The Morgan fingerprint density at radius 2 is 2.15 bits per heavy atom. The summed E-state index contributed by atoms with van der Waals surface area (Å²) in [6.45, 7) is 8.84. The van der Waals surface area contributed by atoms with E-state index in [9.17, 15) is 0 Å². The highest BCUT2D eigenvalue weighted by atomic mass is 32.2. The van der Waals surface area contributed by atoms with Gasteiger partial charge in [0.05, 0.1) is 20.3 Å². The van der Waals surface area contributed by atoms with Gasteiger partial charge in [-0.3, -0.25) is 0 Å². The molecule has 1 unspecified atom stereocenters. The van der Waals surface area contributed by atoms with Crippen LogP contribution in [-0.4, -0.2) is 55.4 Å². The number of morpholine rings is 1. The summed E-state index contributed by atoms with van der Waals surface area (Å²) in [5.41, 5.74) is 0.974. The van der Waals surface area contributed by atoms with Crippen LogP contribution < -0.4 is 15.0 Å². The monoisotopic (exact) mass is 395 g/mol. The second-order valence-electron chi connectivity index (χ2n) is 6.83. The first-order valence-corrected chi connectivity index (χ1v) is 10.7. The zero-order valence-corrected chi connectivity index (χ0v) is 17.2. The Morgan fingerprint density at radius 1 is 1.35 bits per heavy atom. The van der Waals surface area contributed by atoms with E-state index in [0.717, 1.165) is 52.3 Å². The van der Waals surface area contributed by atoms with Gasteiger partial charge >= 0.3 is 0 Å². The number of quaternary nitrogens is 1. The number of ether oxygens (including phenoxy) is 2. The number of anilines is 2. The SMILES string of the molecule is COc1ccc(Nc2nnc(SC[C@@H]3C[NH+](CC(C)C)CCO3)s2)cc1. The van der Waals surface area contributed by atoms with E-state index in [-0.39, 0.29) is 0 Å². The van der Waals surface area contributed by atoms with Gasteiger partial charge in [0, 0.05) is 17.4 Å². The van der Waals surface area contributed by atoms with E-state index in [1.54, 1.807) is 35.1 Å². The van der Waals surface area contributed by atoms with Gasteiger partial charge < -0.3 is 19.7 Å². The van der Waals surface area contributed by atoms with Gasteiger partial charge in [0.1, 0.15) is 24.9 Å². The highest BCUT2D eigenvalue weighted by Crippen LogP contribution is 2.28. The van der Waals surface area contributed by atoms with Crippen LogP contribution in [0.1, 0.15) is 13.8 Å². The lowest BCUT2D eigenvalue weighted by atomic mass is 10.2. The summed E-state index contributed by atoms with van der Waals surface area (Å²) < 4.78 is 12.1. The van der Waals surface area contributed by atoms with E-state index >= 15 is 0 Å². The van der Waals surface area contributed by atoms with Crippen LogP contribution in [0.15, 0.2) is 28.6 Å². The Bertz CT molecular complexity index is 678. The molecule has 0 spiro atoms. The van der Waals surface area contributed by atoms with E-state index in [1.807, 2.05) is 24.3 Å². The van der Waals surface area contributed by atoms with Gasteiger partial charge in [-0.25, -0.2) is 0 Å². The van der Waals surface area contributed by atoms with Crippen molar-refractivity contribution in [1.82, 2.24) is 10.2 Å². The zero-order chi connectivity index (χ0) is 18.4. The quantitative estimate of drug-likeness (QED) is 0.669. The summed E-state index contributed by atoms with van der Waals surface area (Å²) in [6.07, 6.45) is 0.296. The molecule has 2 heterocycles. The molecule has 0 aliphatic carbocycles. The van der Waals surface area contributed by atoms with Gasteiger partial charge in [-0.15, -0.1) is 10.2 Å². The van der Waals surface area contributed by atoms with Crippen molar-refractivity contribution in [2.24, 2.45) is 5.92 Å². The molecule has 2 N–H and O–H groups in total. The molecule has 1 aliphatic heterocycles. The standard InChI is InChI=1S/C18H26N4O2S2/c1-13(2)10-22-8-9-24-16(11-22)12-25-18-21-20-17(26-18)19-14-4-6-15(23-3)7-5-14/h4-7,13,16H,8-12H2,1-3H3,(H,19,20)/p+1/t16-/m0/s1. The fourth-order valence-corrected chi connectivity index (χ4v) is 4.82. The van der Waals surface area contributed by atoms with Crippen LogP contribution in [0.5, 0.6) is 5.75 Å². The smallest absolute Gasteiger partial charge is 0.210 e. The molecule has 1 fully saturated rings. The van der Waals surface area contributed by atoms with Crippen LogP contribution in [0, 0.1) is 5.92 Å². The fourth-order valence-electron chi connectivity index (χ4n) is 3.00. The number of rotatable bonds is 8. The van der Waals surface area contributed by atoms with Crippen molar-refractivity contribution in [3.05, 3.63) is 24.3 Å².